The zero-order valence-electron chi connectivity index (χ0n) is 11.8. The van der Waals surface area contributed by atoms with Gasteiger partial charge in [-0.3, -0.25) is 0 Å². The fourth-order valence-corrected chi connectivity index (χ4v) is 2.55. The average molecular weight is 292 g/mol. The molecule has 0 aliphatic carbocycles. The molecule has 0 spiro atoms. The molecule has 1 atom stereocenters. The molecule has 0 fully saturated rings. The Bertz CT molecular complexity index is 610. The molecule has 0 aromatic heterocycles. The van der Waals surface area contributed by atoms with Gasteiger partial charge in [-0.25, -0.2) is 4.39 Å². The van der Waals surface area contributed by atoms with E-state index in [0.717, 1.165) is 24.0 Å². The summed E-state index contributed by atoms with van der Waals surface area (Å²) in [6.07, 6.45) is 1.88. The Kier molecular flexibility index (Phi) is 4.79. The first-order valence-electron chi connectivity index (χ1n) is 6.89. The third-order valence-electron chi connectivity index (χ3n) is 3.64. The standard InChI is InChI=1S/C17H19ClFN/c1-3-11-5-6-12(4-2)14(9-11)17(20)13-7-8-16(19)15(18)10-13/h5-10,17H,3-4,20H2,1-2H3. The fourth-order valence-electron chi connectivity index (χ4n) is 2.36. The molecule has 0 saturated heterocycles. The van der Waals surface area contributed by atoms with E-state index in [2.05, 4.69) is 32.0 Å². The molecule has 0 heterocycles. The fraction of sp³-hybridized carbons (Fsp3) is 0.294. The predicted octanol–water partition coefficient (Wildman–Crippen LogP) is 4.65. The topological polar surface area (TPSA) is 26.0 Å². The third-order valence-corrected chi connectivity index (χ3v) is 3.93. The van der Waals surface area contributed by atoms with Crippen molar-refractivity contribution in [3.05, 3.63) is 69.5 Å². The van der Waals surface area contributed by atoms with Crippen molar-refractivity contribution in [1.82, 2.24) is 0 Å². The predicted molar refractivity (Wildman–Crippen MR) is 82.6 cm³/mol. The van der Waals surface area contributed by atoms with Crippen LogP contribution >= 0.6 is 11.6 Å². The molecule has 0 aliphatic heterocycles. The minimum Gasteiger partial charge on any atom is -0.320 e. The normalized spacial score (nSPS) is 12.4. The van der Waals surface area contributed by atoms with E-state index in [1.54, 1.807) is 12.1 Å². The van der Waals surface area contributed by atoms with Gasteiger partial charge in [0.1, 0.15) is 5.82 Å². The lowest BCUT2D eigenvalue weighted by atomic mass is 9.92. The van der Waals surface area contributed by atoms with Gasteiger partial charge in [-0.15, -0.1) is 0 Å². The Balaban J connectivity index is 2.45. The van der Waals surface area contributed by atoms with Gasteiger partial charge in [-0.1, -0.05) is 49.7 Å². The van der Waals surface area contributed by atoms with Crippen LogP contribution in [0.25, 0.3) is 0 Å². The summed E-state index contributed by atoms with van der Waals surface area (Å²) >= 11 is 5.85. The van der Waals surface area contributed by atoms with Crippen molar-refractivity contribution in [2.45, 2.75) is 32.7 Å². The van der Waals surface area contributed by atoms with Crippen molar-refractivity contribution in [3.8, 4) is 0 Å². The molecule has 2 aromatic carbocycles. The van der Waals surface area contributed by atoms with Gasteiger partial charge in [-0.05, 0) is 47.2 Å². The number of aryl methyl sites for hydroxylation is 2. The highest BCUT2D eigenvalue weighted by atomic mass is 35.5. The van der Waals surface area contributed by atoms with Crippen molar-refractivity contribution in [2.75, 3.05) is 0 Å². The second-order valence-corrected chi connectivity index (χ2v) is 5.30. The molecule has 0 bridgehead atoms. The van der Waals surface area contributed by atoms with Crippen molar-refractivity contribution in [1.29, 1.82) is 0 Å². The summed E-state index contributed by atoms with van der Waals surface area (Å²) in [6.45, 7) is 4.22. The zero-order chi connectivity index (χ0) is 14.7. The van der Waals surface area contributed by atoms with Gasteiger partial charge < -0.3 is 5.73 Å². The largest absolute Gasteiger partial charge is 0.320 e. The van der Waals surface area contributed by atoms with Crippen LogP contribution < -0.4 is 5.73 Å². The summed E-state index contributed by atoms with van der Waals surface area (Å²) in [5.41, 5.74) is 10.7. The minimum atomic E-state index is -0.416. The molecule has 2 aromatic rings. The van der Waals surface area contributed by atoms with Crippen LogP contribution in [-0.2, 0) is 12.8 Å². The smallest absolute Gasteiger partial charge is 0.141 e. The Labute approximate surface area is 124 Å². The molecule has 1 nitrogen and oxygen atoms in total. The maximum atomic E-state index is 13.3. The average Bonchev–Trinajstić information content (AvgIpc) is 2.48. The molecule has 2 rings (SSSR count). The molecule has 0 saturated carbocycles. The first-order valence-corrected chi connectivity index (χ1v) is 7.26. The van der Waals surface area contributed by atoms with Crippen LogP contribution in [0, 0.1) is 5.82 Å². The lowest BCUT2D eigenvalue weighted by Gasteiger charge is -2.18. The van der Waals surface area contributed by atoms with Gasteiger partial charge in [0.25, 0.3) is 0 Å². The van der Waals surface area contributed by atoms with Gasteiger partial charge in [0.15, 0.2) is 0 Å². The molecule has 3 heteroatoms. The number of nitrogens with two attached hydrogens (primary N) is 1. The lowest BCUT2D eigenvalue weighted by molar-refractivity contribution is 0.626. The minimum absolute atomic E-state index is 0.114. The summed E-state index contributed by atoms with van der Waals surface area (Å²) in [7, 11) is 0. The van der Waals surface area contributed by atoms with E-state index >= 15 is 0 Å². The summed E-state index contributed by atoms with van der Waals surface area (Å²) in [5, 5.41) is 0.114. The number of halogens is 2. The van der Waals surface area contributed by atoms with Crippen LogP contribution in [0.15, 0.2) is 36.4 Å². The number of rotatable bonds is 4. The van der Waals surface area contributed by atoms with E-state index in [0.29, 0.717) is 0 Å². The summed E-state index contributed by atoms with van der Waals surface area (Å²) in [5.74, 6) is -0.416. The second kappa shape index (κ2) is 6.38. The number of hydrogen-bond acceptors (Lipinski definition) is 1. The van der Waals surface area contributed by atoms with Gasteiger partial charge in [-0.2, -0.15) is 0 Å². The first-order chi connectivity index (χ1) is 9.56. The Hall–Kier alpha value is -1.38. The first kappa shape index (κ1) is 15.0. The van der Waals surface area contributed by atoms with Crippen molar-refractivity contribution >= 4 is 11.6 Å². The van der Waals surface area contributed by atoms with Crippen molar-refractivity contribution < 1.29 is 4.39 Å². The molecule has 2 N–H and O–H groups in total. The maximum Gasteiger partial charge on any atom is 0.141 e. The van der Waals surface area contributed by atoms with Gasteiger partial charge in [0.2, 0.25) is 0 Å². The number of hydrogen-bond donors (Lipinski definition) is 1. The van der Waals surface area contributed by atoms with E-state index in [1.807, 2.05) is 0 Å². The van der Waals surface area contributed by atoms with Gasteiger partial charge >= 0.3 is 0 Å². The highest BCUT2D eigenvalue weighted by molar-refractivity contribution is 6.30. The lowest BCUT2D eigenvalue weighted by Crippen LogP contribution is -2.14. The summed E-state index contributed by atoms with van der Waals surface area (Å²) in [4.78, 5) is 0. The summed E-state index contributed by atoms with van der Waals surface area (Å²) in [6, 6.07) is 10.8. The van der Waals surface area contributed by atoms with Crippen LogP contribution in [-0.4, -0.2) is 0 Å². The highest BCUT2D eigenvalue weighted by Gasteiger charge is 2.14. The highest BCUT2D eigenvalue weighted by Crippen LogP contribution is 2.27. The Morgan fingerprint density at radius 2 is 1.85 bits per heavy atom. The van der Waals surface area contributed by atoms with E-state index in [9.17, 15) is 4.39 Å². The molecule has 0 aliphatic rings. The van der Waals surface area contributed by atoms with Crippen molar-refractivity contribution in [2.24, 2.45) is 5.73 Å². The van der Waals surface area contributed by atoms with Crippen LogP contribution in [0.4, 0.5) is 4.39 Å². The summed E-state index contributed by atoms with van der Waals surface area (Å²) < 4.78 is 13.3. The molecular formula is C17H19ClFN. The molecule has 106 valence electrons. The van der Waals surface area contributed by atoms with Crippen LogP contribution in [0.1, 0.15) is 42.1 Å². The molecule has 1 unspecified atom stereocenters. The van der Waals surface area contributed by atoms with Crippen LogP contribution in [0.5, 0.6) is 0 Å². The quantitative estimate of drug-likeness (QED) is 0.871. The van der Waals surface area contributed by atoms with E-state index in [4.69, 9.17) is 17.3 Å². The monoisotopic (exact) mass is 291 g/mol. The molecule has 0 amide bonds. The van der Waals surface area contributed by atoms with E-state index < -0.39 is 5.82 Å². The third kappa shape index (κ3) is 3.02. The molecule has 0 radical (unpaired) electrons. The van der Waals surface area contributed by atoms with Crippen molar-refractivity contribution in [3.63, 3.8) is 0 Å². The van der Waals surface area contributed by atoms with E-state index in [1.165, 1.54) is 17.2 Å². The van der Waals surface area contributed by atoms with Crippen LogP contribution in [0.3, 0.4) is 0 Å². The van der Waals surface area contributed by atoms with E-state index in [-0.39, 0.29) is 11.1 Å². The van der Waals surface area contributed by atoms with Crippen LogP contribution in [0.2, 0.25) is 5.02 Å². The zero-order valence-corrected chi connectivity index (χ0v) is 12.5. The van der Waals surface area contributed by atoms with Gasteiger partial charge in [0.05, 0.1) is 11.1 Å². The molecule has 20 heavy (non-hydrogen) atoms. The Morgan fingerprint density at radius 3 is 2.45 bits per heavy atom. The maximum absolute atomic E-state index is 13.3. The van der Waals surface area contributed by atoms with Gasteiger partial charge in [0, 0.05) is 0 Å². The SMILES string of the molecule is CCc1ccc(CC)c(C(N)c2ccc(F)c(Cl)c2)c1. The Morgan fingerprint density at radius 1 is 1.10 bits per heavy atom. The second-order valence-electron chi connectivity index (χ2n) is 4.89. The molecular weight excluding hydrogens is 273 g/mol. The number of benzene rings is 2.